The molecule has 0 aromatic heterocycles. The first-order valence-electron chi connectivity index (χ1n) is 6.89. The lowest BCUT2D eigenvalue weighted by atomic mass is 10.1. The zero-order chi connectivity index (χ0) is 18.0. The van der Waals surface area contributed by atoms with Crippen molar-refractivity contribution < 1.29 is 27.6 Å². The van der Waals surface area contributed by atoms with Crippen molar-refractivity contribution >= 4 is 17.6 Å². The van der Waals surface area contributed by atoms with Gasteiger partial charge in [0.1, 0.15) is 0 Å². The third-order valence-electron chi connectivity index (χ3n) is 3.34. The Balaban J connectivity index is 1.88. The fourth-order valence-electron chi connectivity index (χ4n) is 2.21. The second-order valence-electron chi connectivity index (χ2n) is 4.93. The summed E-state index contributed by atoms with van der Waals surface area (Å²) in [4.78, 5) is 10.5. The summed E-state index contributed by atoms with van der Waals surface area (Å²) in [5, 5.41) is 14.8. The van der Waals surface area contributed by atoms with Crippen molar-refractivity contribution in [3.05, 3.63) is 57.6 Å². The lowest BCUT2D eigenvalue weighted by Crippen LogP contribution is -2.08. The third kappa shape index (κ3) is 3.47. The van der Waals surface area contributed by atoms with Gasteiger partial charge in [0.25, 0.3) is 5.69 Å². The van der Waals surface area contributed by atoms with E-state index in [2.05, 4.69) is 10.5 Å². The first-order chi connectivity index (χ1) is 11.9. The van der Waals surface area contributed by atoms with Crippen molar-refractivity contribution in [2.45, 2.75) is 6.18 Å². The van der Waals surface area contributed by atoms with Gasteiger partial charge in [-0.2, -0.15) is 18.3 Å². The van der Waals surface area contributed by atoms with E-state index in [4.69, 9.17) is 9.47 Å². The van der Waals surface area contributed by atoms with Crippen LogP contribution < -0.4 is 14.9 Å². The van der Waals surface area contributed by atoms with Crippen LogP contribution in [-0.2, 0) is 6.18 Å². The largest absolute Gasteiger partial charge is 0.454 e. The molecule has 0 unspecified atom stereocenters. The average molecular weight is 353 g/mol. The minimum atomic E-state index is -4.55. The zero-order valence-electron chi connectivity index (χ0n) is 12.4. The molecule has 0 aliphatic carbocycles. The number of nitro groups is 1. The Morgan fingerprint density at radius 2 is 1.88 bits per heavy atom. The summed E-state index contributed by atoms with van der Waals surface area (Å²) in [6, 6.07) is 7.28. The minimum absolute atomic E-state index is 0.0613. The van der Waals surface area contributed by atoms with Crippen LogP contribution in [-0.4, -0.2) is 17.9 Å². The summed E-state index contributed by atoms with van der Waals surface area (Å²) in [6.45, 7) is -0.0652. The van der Waals surface area contributed by atoms with E-state index in [1.165, 1.54) is 30.3 Å². The SMILES string of the molecule is O=[N+]([O-])c1cc2c(cc1C=NNc1ccccc1C(F)(F)F)OCO2. The van der Waals surface area contributed by atoms with Gasteiger partial charge in [0.15, 0.2) is 11.5 Å². The van der Waals surface area contributed by atoms with Gasteiger partial charge in [0.2, 0.25) is 6.79 Å². The Kier molecular flexibility index (Phi) is 4.17. The van der Waals surface area contributed by atoms with E-state index in [-0.39, 0.29) is 29.5 Å². The molecule has 2 aromatic rings. The van der Waals surface area contributed by atoms with E-state index in [0.29, 0.717) is 5.75 Å². The summed E-state index contributed by atoms with van der Waals surface area (Å²) in [5.74, 6) is 0.516. The number of hydrogen-bond acceptors (Lipinski definition) is 6. The molecule has 1 N–H and O–H groups in total. The van der Waals surface area contributed by atoms with Gasteiger partial charge in [-0.25, -0.2) is 0 Å². The van der Waals surface area contributed by atoms with Crippen molar-refractivity contribution in [2.75, 3.05) is 12.2 Å². The number of fused-ring (bicyclic) bond motifs is 1. The van der Waals surface area contributed by atoms with Crippen LogP contribution >= 0.6 is 0 Å². The number of nitrogens with one attached hydrogen (secondary N) is 1. The van der Waals surface area contributed by atoms with Crippen molar-refractivity contribution in [1.82, 2.24) is 0 Å². The third-order valence-corrected chi connectivity index (χ3v) is 3.34. The van der Waals surface area contributed by atoms with Gasteiger partial charge in [-0.3, -0.25) is 15.5 Å². The fraction of sp³-hybridized carbons (Fsp3) is 0.133. The van der Waals surface area contributed by atoms with Gasteiger partial charge in [-0.05, 0) is 18.2 Å². The molecular weight excluding hydrogens is 343 g/mol. The monoisotopic (exact) mass is 353 g/mol. The molecule has 25 heavy (non-hydrogen) atoms. The Hall–Kier alpha value is -3.30. The number of halogens is 3. The predicted molar refractivity (Wildman–Crippen MR) is 81.9 cm³/mol. The number of benzene rings is 2. The van der Waals surface area contributed by atoms with Gasteiger partial charge >= 0.3 is 6.18 Å². The number of alkyl halides is 3. The first-order valence-corrected chi connectivity index (χ1v) is 6.89. The zero-order valence-corrected chi connectivity index (χ0v) is 12.4. The van der Waals surface area contributed by atoms with E-state index >= 15 is 0 Å². The number of anilines is 1. The molecule has 0 fully saturated rings. The second-order valence-corrected chi connectivity index (χ2v) is 4.93. The molecule has 0 atom stereocenters. The molecule has 3 rings (SSSR count). The van der Waals surface area contributed by atoms with E-state index < -0.39 is 16.7 Å². The maximum atomic E-state index is 12.9. The highest BCUT2D eigenvalue weighted by molar-refractivity contribution is 5.87. The standard InChI is InChI=1S/C15H10F3N3O4/c16-15(17,18)10-3-1-2-4-11(10)20-19-7-9-5-13-14(25-8-24-13)6-12(9)21(22)23/h1-7,20H,8H2. The molecule has 0 saturated heterocycles. The quantitative estimate of drug-likeness (QED) is 0.513. The molecule has 0 bridgehead atoms. The van der Waals surface area contributed by atoms with Crippen molar-refractivity contribution in [2.24, 2.45) is 5.10 Å². The van der Waals surface area contributed by atoms with Crippen LogP contribution in [0.4, 0.5) is 24.5 Å². The van der Waals surface area contributed by atoms with Gasteiger partial charge in [-0.15, -0.1) is 0 Å². The van der Waals surface area contributed by atoms with E-state index in [9.17, 15) is 23.3 Å². The van der Waals surface area contributed by atoms with Crippen LogP contribution in [0, 0.1) is 10.1 Å². The van der Waals surface area contributed by atoms with E-state index in [1.807, 2.05) is 0 Å². The highest BCUT2D eigenvalue weighted by Gasteiger charge is 2.33. The van der Waals surface area contributed by atoms with Crippen LogP contribution in [0.3, 0.4) is 0 Å². The van der Waals surface area contributed by atoms with Crippen LogP contribution in [0.1, 0.15) is 11.1 Å². The molecule has 0 amide bonds. The highest BCUT2D eigenvalue weighted by atomic mass is 19.4. The summed E-state index contributed by atoms with van der Waals surface area (Å²) in [6.07, 6.45) is -3.50. The number of hydrogen-bond donors (Lipinski definition) is 1. The Morgan fingerprint density at radius 3 is 2.56 bits per heavy atom. The van der Waals surface area contributed by atoms with Gasteiger partial charge in [-0.1, -0.05) is 12.1 Å². The summed E-state index contributed by atoms with van der Waals surface area (Å²) in [5.41, 5.74) is 0.847. The van der Waals surface area contributed by atoms with Gasteiger partial charge < -0.3 is 9.47 Å². The van der Waals surface area contributed by atoms with Crippen LogP contribution in [0.25, 0.3) is 0 Å². The molecule has 0 radical (unpaired) electrons. The summed E-state index contributed by atoms with van der Waals surface area (Å²) >= 11 is 0. The van der Waals surface area contributed by atoms with Crippen LogP contribution in [0.15, 0.2) is 41.5 Å². The molecule has 130 valence electrons. The maximum Gasteiger partial charge on any atom is 0.418 e. The van der Waals surface area contributed by atoms with Crippen molar-refractivity contribution in [3.8, 4) is 11.5 Å². The molecule has 10 heteroatoms. The number of nitrogens with zero attached hydrogens (tertiary/aromatic N) is 2. The first kappa shape index (κ1) is 16.6. The second kappa shape index (κ2) is 6.30. The molecular formula is C15H10F3N3O4. The molecule has 1 heterocycles. The molecule has 1 aliphatic rings. The molecule has 7 nitrogen and oxygen atoms in total. The van der Waals surface area contributed by atoms with Gasteiger partial charge in [0, 0.05) is 0 Å². The lowest BCUT2D eigenvalue weighted by Gasteiger charge is -2.11. The topological polar surface area (TPSA) is 86.0 Å². The highest BCUT2D eigenvalue weighted by Crippen LogP contribution is 2.37. The Morgan fingerprint density at radius 1 is 1.20 bits per heavy atom. The van der Waals surface area contributed by atoms with E-state index in [1.54, 1.807) is 0 Å². The Bertz CT molecular complexity index is 852. The van der Waals surface area contributed by atoms with Crippen LogP contribution in [0.5, 0.6) is 11.5 Å². The molecule has 1 aliphatic heterocycles. The minimum Gasteiger partial charge on any atom is -0.454 e. The molecule has 2 aromatic carbocycles. The average Bonchev–Trinajstić information content (AvgIpc) is 3.01. The van der Waals surface area contributed by atoms with Crippen molar-refractivity contribution in [1.29, 1.82) is 0 Å². The predicted octanol–water partition coefficient (Wildman–Crippen LogP) is 3.79. The van der Waals surface area contributed by atoms with Crippen molar-refractivity contribution in [3.63, 3.8) is 0 Å². The van der Waals surface area contributed by atoms with E-state index in [0.717, 1.165) is 12.3 Å². The number of hydrazone groups is 1. The summed E-state index contributed by atoms with van der Waals surface area (Å²) in [7, 11) is 0. The molecule has 0 spiro atoms. The number of para-hydroxylation sites is 1. The Labute approximate surface area is 138 Å². The summed E-state index contributed by atoms with van der Waals surface area (Å²) < 4.78 is 48.9. The number of nitro benzene ring substituents is 1. The fourth-order valence-corrected chi connectivity index (χ4v) is 2.21. The maximum absolute atomic E-state index is 12.9. The van der Waals surface area contributed by atoms with Gasteiger partial charge in [0.05, 0.1) is 34.0 Å². The van der Waals surface area contributed by atoms with Crippen LogP contribution in [0.2, 0.25) is 0 Å². The smallest absolute Gasteiger partial charge is 0.418 e. The number of ether oxygens (including phenoxy) is 2. The number of rotatable bonds is 4. The lowest BCUT2D eigenvalue weighted by molar-refractivity contribution is -0.385. The normalized spacial score (nSPS) is 13.2. The molecule has 0 saturated carbocycles.